The van der Waals surface area contributed by atoms with Gasteiger partial charge in [0.15, 0.2) is 0 Å². The number of ether oxygens (including phenoxy) is 1. The Morgan fingerprint density at radius 2 is 1.60 bits per heavy atom. The third-order valence-corrected chi connectivity index (χ3v) is 4.45. The first kappa shape index (κ1) is 21.7. The molecule has 0 saturated carbocycles. The number of rotatable bonds is 7. The molecular formula is C22H18ClF3N2O2. The average Bonchev–Trinajstić information content (AvgIpc) is 2.69. The highest BCUT2D eigenvalue weighted by atomic mass is 35.5. The van der Waals surface area contributed by atoms with E-state index >= 15 is 0 Å². The minimum absolute atomic E-state index is 0.256. The monoisotopic (exact) mass is 434 g/mol. The summed E-state index contributed by atoms with van der Waals surface area (Å²) in [6, 6.07) is 19.8. The van der Waals surface area contributed by atoms with E-state index in [0.29, 0.717) is 29.4 Å². The van der Waals surface area contributed by atoms with Gasteiger partial charge >= 0.3 is 6.36 Å². The highest BCUT2D eigenvalue weighted by Crippen LogP contribution is 2.23. The van der Waals surface area contributed by atoms with Crippen LogP contribution in [0, 0.1) is 0 Å². The zero-order valence-electron chi connectivity index (χ0n) is 15.7. The summed E-state index contributed by atoms with van der Waals surface area (Å²) >= 11 is 6.05. The summed E-state index contributed by atoms with van der Waals surface area (Å²) in [5.74, 6) is -0.555. The van der Waals surface area contributed by atoms with E-state index in [9.17, 15) is 18.0 Å². The van der Waals surface area contributed by atoms with Gasteiger partial charge in [0.2, 0.25) is 0 Å². The number of carbonyl (C=O) groups is 1. The Labute approximate surface area is 176 Å². The van der Waals surface area contributed by atoms with Crippen LogP contribution < -0.4 is 15.4 Å². The zero-order valence-corrected chi connectivity index (χ0v) is 16.4. The number of benzene rings is 3. The van der Waals surface area contributed by atoms with Crippen LogP contribution in [0.1, 0.15) is 21.5 Å². The van der Waals surface area contributed by atoms with E-state index in [0.717, 1.165) is 11.1 Å². The second kappa shape index (κ2) is 9.65. The third-order valence-electron chi connectivity index (χ3n) is 4.12. The van der Waals surface area contributed by atoms with Crippen LogP contribution in [-0.4, -0.2) is 12.3 Å². The Kier molecular flexibility index (Phi) is 6.97. The Morgan fingerprint density at radius 1 is 0.900 bits per heavy atom. The van der Waals surface area contributed by atoms with Gasteiger partial charge in [0.25, 0.3) is 5.91 Å². The molecule has 0 radical (unpaired) electrons. The van der Waals surface area contributed by atoms with Gasteiger partial charge in [0, 0.05) is 18.8 Å². The summed E-state index contributed by atoms with van der Waals surface area (Å²) in [7, 11) is 0. The number of alkyl halides is 3. The van der Waals surface area contributed by atoms with Crippen molar-refractivity contribution in [1.29, 1.82) is 0 Å². The second-order valence-corrected chi connectivity index (χ2v) is 6.84. The lowest BCUT2D eigenvalue weighted by atomic mass is 10.1. The average molecular weight is 435 g/mol. The molecule has 4 nitrogen and oxygen atoms in total. The van der Waals surface area contributed by atoms with Gasteiger partial charge in [0.05, 0.1) is 10.6 Å². The summed E-state index contributed by atoms with van der Waals surface area (Å²) in [5, 5.41) is 6.40. The molecule has 3 aromatic rings. The Morgan fingerprint density at radius 3 is 2.30 bits per heavy atom. The van der Waals surface area contributed by atoms with Crippen molar-refractivity contribution in [2.45, 2.75) is 19.5 Å². The van der Waals surface area contributed by atoms with E-state index in [-0.39, 0.29) is 11.7 Å². The summed E-state index contributed by atoms with van der Waals surface area (Å²) in [6.45, 7) is 0.971. The zero-order chi connectivity index (χ0) is 21.6. The highest BCUT2D eigenvalue weighted by Gasteiger charge is 2.30. The van der Waals surface area contributed by atoms with Gasteiger partial charge in [0.1, 0.15) is 5.75 Å². The van der Waals surface area contributed by atoms with Crippen LogP contribution in [0.5, 0.6) is 5.75 Å². The molecule has 0 heterocycles. The molecule has 156 valence electrons. The molecule has 0 bridgehead atoms. The number of amides is 1. The van der Waals surface area contributed by atoms with Crippen LogP contribution in [0.4, 0.5) is 18.9 Å². The van der Waals surface area contributed by atoms with E-state index in [2.05, 4.69) is 15.4 Å². The van der Waals surface area contributed by atoms with Crippen molar-refractivity contribution in [2.24, 2.45) is 0 Å². The van der Waals surface area contributed by atoms with Crippen molar-refractivity contribution in [3.63, 3.8) is 0 Å². The van der Waals surface area contributed by atoms with Gasteiger partial charge in [-0.25, -0.2) is 0 Å². The minimum Gasteiger partial charge on any atom is -0.406 e. The fourth-order valence-electron chi connectivity index (χ4n) is 2.76. The van der Waals surface area contributed by atoms with Crippen molar-refractivity contribution in [3.8, 4) is 5.75 Å². The van der Waals surface area contributed by atoms with Crippen molar-refractivity contribution in [1.82, 2.24) is 5.32 Å². The first-order valence-corrected chi connectivity index (χ1v) is 9.38. The molecule has 0 unspecified atom stereocenters. The van der Waals surface area contributed by atoms with Crippen molar-refractivity contribution in [2.75, 3.05) is 5.32 Å². The van der Waals surface area contributed by atoms with Crippen LogP contribution >= 0.6 is 11.6 Å². The van der Waals surface area contributed by atoms with Gasteiger partial charge in [-0.3, -0.25) is 4.79 Å². The van der Waals surface area contributed by atoms with Crippen LogP contribution in [0.25, 0.3) is 0 Å². The third kappa shape index (κ3) is 6.50. The molecule has 1 amide bonds. The van der Waals surface area contributed by atoms with Crippen LogP contribution in [0.15, 0.2) is 72.8 Å². The highest BCUT2D eigenvalue weighted by molar-refractivity contribution is 6.34. The normalized spacial score (nSPS) is 11.2. The molecule has 0 fully saturated rings. The molecule has 0 atom stereocenters. The smallest absolute Gasteiger partial charge is 0.406 e. The quantitative estimate of drug-likeness (QED) is 0.495. The number of halogens is 4. The van der Waals surface area contributed by atoms with Crippen molar-refractivity contribution >= 4 is 23.2 Å². The molecule has 0 aliphatic heterocycles. The van der Waals surface area contributed by atoms with Gasteiger partial charge in [-0.05, 0) is 47.5 Å². The molecule has 30 heavy (non-hydrogen) atoms. The first-order valence-electron chi connectivity index (χ1n) is 9.00. The lowest BCUT2D eigenvalue weighted by molar-refractivity contribution is -0.274. The minimum atomic E-state index is -4.70. The van der Waals surface area contributed by atoms with Crippen LogP contribution in [0.2, 0.25) is 5.02 Å². The predicted molar refractivity (Wildman–Crippen MR) is 110 cm³/mol. The van der Waals surface area contributed by atoms with Gasteiger partial charge in [-0.1, -0.05) is 48.0 Å². The van der Waals surface area contributed by atoms with Crippen molar-refractivity contribution < 1.29 is 22.7 Å². The van der Waals surface area contributed by atoms with E-state index in [1.807, 2.05) is 18.2 Å². The van der Waals surface area contributed by atoms with E-state index in [4.69, 9.17) is 11.6 Å². The van der Waals surface area contributed by atoms with Gasteiger partial charge in [-0.2, -0.15) is 0 Å². The largest absolute Gasteiger partial charge is 0.573 e. The number of hydrogen-bond acceptors (Lipinski definition) is 3. The lowest BCUT2D eigenvalue weighted by Crippen LogP contribution is -2.17. The van der Waals surface area contributed by atoms with Crippen LogP contribution in [0.3, 0.4) is 0 Å². The van der Waals surface area contributed by atoms with Crippen LogP contribution in [-0.2, 0) is 13.1 Å². The maximum Gasteiger partial charge on any atom is 0.573 e. The van der Waals surface area contributed by atoms with E-state index in [1.54, 1.807) is 42.5 Å². The molecule has 3 rings (SSSR count). The first-order chi connectivity index (χ1) is 14.3. The predicted octanol–water partition coefficient (Wildman–Crippen LogP) is 5.78. The number of hydrogen-bond donors (Lipinski definition) is 2. The molecule has 0 saturated heterocycles. The Bertz CT molecular complexity index is 1010. The number of carbonyl (C=O) groups excluding carboxylic acids is 1. The maximum absolute atomic E-state index is 12.4. The molecule has 8 heteroatoms. The molecule has 0 spiro atoms. The molecule has 2 N–H and O–H groups in total. The van der Waals surface area contributed by atoms with E-state index in [1.165, 1.54) is 12.1 Å². The maximum atomic E-state index is 12.4. The lowest BCUT2D eigenvalue weighted by Gasteiger charge is -2.11. The topological polar surface area (TPSA) is 50.4 Å². The standard InChI is InChI=1S/C22H18ClF3N2O2/c23-20-7-2-1-6-19(20)21(29)28-17-5-3-4-16(12-17)14-27-13-15-8-10-18(11-9-15)30-22(24,25)26/h1-12,27H,13-14H2,(H,28,29). The Balaban J connectivity index is 1.53. The van der Waals surface area contributed by atoms with E-state index < -0.39 is 6.36 Å². The molecule has 0 aromatic heterocycles. The summed E-state index contributed by atoms with van der Waals surface area (Å²) < 4.78 is 40.4. The van der Waals surface area contributed by atoms with Crippen molar-refractivity contribution in [3.05, 3.63) is 94.5 Å². The summed E-state index contributed by atoms with van der Waals surface area (Å²) in [6.07, 6.45) is -4.70. The summed E-state index contributed by atoms with van der Waals surface area (Å²) in [5.41, 5.74) is 2.77. The Hall–Kier alpha value is -3.03. The molecule has 0 aliphatic carbocycles. The number of nitrogens with one attached hydrogen (secondary N) is 2. The SMILES string of the molecule is O=C(Nc1cccc(CNCc2ccc(OC(F)(F)F)cc2)c1)c1ccccc1Cl. The summed E-state index contributed by atoms with van der Waals surface area (Å²) in [4.78, 5) is 12.4. The molecular weight excluding hydrogens is 417 g/mol. The fraction of sp³-hybridized carbons (Fsp3) is 0.136. The molecule has 3 aromatic carbocycles. The second-order valence-electron chi connectivity index (χ2n) is 6.43. The van der Waals surface area contributed by atoms with Gasteiger partial charge < -0.3 is 15.4 Å². The fourth-order valence-corrected chi connectivity index (χ4v) is 2.98. The van der Waals surface area contributed by atoms with Gasteiger partial charge in [-0.15, -0.1) is 13.2 Å². The number of anilines is 1. The molecule has 0 aliphatic rings.